The van der Waals surface area contributed by atoms with Crippen molar-refractivity contribution in [3.63, 3.8) is 0 Å². The molecule has 1 aromatic rings. The van der Waals surface area contributed by atoms with E-state index in [4.69, 9.17) is 5.14 Å². The third-order valence-electron chi connectivity index (χ3n) is 4.49. The highest BCUT2D eigenvalue weighted by Gasteiger charge is 2.19. The molecule has 1 aromatic carbocycles. The number of likely N-dealkylation sites (tertiary alicyclic amines) is 1. The molecule has 1 heterocycles. The maximum Gasteiger partial charge on any atom is 0.238 e. The topological polar surface area (TPSA) is 92.5 Å². The molecule has 1 aliphatic rings. The van der Waals surface area contributed by atoms with Gasteiger partial charge in [0.15, 0.2) is 0 Å². The van der Waals surface area contributed by atoms with Crippen molar-refractivity contribution in [1.29, 1.82) is 0 Å². The van der Waals surface area contributed by atoms with Gasteiger partial charge in [-0.25, -0.2) is 13.6 Å². The molecular weight excluding hydrogens is 314 g/mol. The first-order valence-corrected chi connectivity index (χ1v) is 9.37. The lowest BCUT2D eigenvalue weighted by molar-refractivity contribution is -0.117. The Labute approximate surface area is 138 Å². The van der Waals surface area contributed by atoms with Gasteiger partial charge in [-0.1, -0.05) is 6.92 Å². The van der Waals surface area contributed by atoms with Gasteiger partial charge in [0, 0.05) is 5.69 Å². The van der Waals surface area contributed by atoms with Crippen molar-refractivity contribution in [3.8, 4) is 0 Å². The summed E-state index contributed by atoms with van der Waals surface area (Å²) in [5, 5.41) is 8.01. The Balaban J connectivity index is 2.10. The monoisotopic (exact) mass is 339 g/mol. The summed E-state index contributed by atoms with van der Waals surface area (Å²) in [6.07, 6.45) is 2.21. The van der Waals surface area contributed by atoms with Gasteiger partial charge in [-0.05, 0) is 69.0 Å². The molecule has 7 heteroatoms. The minimum absolute atomic E-state index is 0.0164. The van der Waals surface area contributed by atoms with Crippen molar-refractivity contribution in [2.75, 3.05) is 25.0 Å². The zero-order valence-corrected chi connectivity index (χ0v) is 14.7. The van der Waals surface area contributed by atoms with Crippen LogP contribution in [-0.4, -0.2) is 38.9 Å². The molecule has 1 aliphatic heterocycles. The number of hydrogen-bond donors (Lipinski definition) is 2. The lowest BCUT2D eigenvalue weighted by Crippen LogP contribution is -2.38. The van der Waals surface area contributed by atoms with E-state index in [1.54, 1.807) is 6.92 Å². The van der Waals surface area contributed by atoms with Crippen LogP contribution < -0.4 is 10.5 Å². The van der Waals surface area contributed by atoms with Crippen molar-refractivity contribution >= 4 is 21.6 Å². The summed E-state index contributed by atoms with van der Waals surface area (Å²) in [7, 11) is -3.80. The summed E-state index contributed by atoms with van der Waals surface area (Å²) in [4.78, 5) is 14.4. The molecule has 0 radical (unpaired) electrons. The lowest BCUT2D eigenvalue weighted by Gasteiger charge is -2.29. The van der Waals surface area contributed by atoms with Crippen molar-refractivity contribution in [2.45, 2.75) is 38.5 Å². The highest BCUT2D eigenvalue weighted by Crippen LogP contribution is 2.23. The summed E-state index contributed by atoms with van der Waals surface area (Å²) in [6.45, 7) is 8.03. The molecule has 1 saturated heterocycles. The van der Waals surface area contributed by atoms with Crippen LogP contribution in [0.15, 0.2) is 17.0 Å². The molecule has 1 amide bonds. The predicted octanol–water partition coefficient (Wildman–Crippen LogP) is 1.62. The number of anilines is 1. The zero-order chi connectivity index (χ0) is 17.2. The van der Waals surface area contributed by atoms with Gasteiger partial charge in [-0.2, -0.15) is 0 Å². The molecule has 1 fully saturated rings. The van der Waals surface area contributed by atoms with E-state index in [9.17, 15) is 13.2 Å². The van der Waals surface area contributed by atoms with Gasteiger partial charge in [-0.3, -0.25) is 9.69 Å². The Bertz CT molecular complexity index is 693. The maximum atomic E-state index is 12.3. The summed E-state index contributed by atoms with van der Waals surface area (Å²) >= 11 is 0. The average Bonchev–Trinajstić information content (AvgIpc) is 2.45. The van der Waals surface area contributed by atoms with E-state index < -0.39 is 10.0 Å². The molecule has 128 valence electrons. The molecule has 0 bridgehead atoms. The Morgan fingerprint density at radius 3 is 2.48 bits per heavy atom. The van der Waals surface area contributed by atoms with E-state index in [-0.39, 0.29) is 10.8 Å². The number of rotatable bonds is 4. The standard InChI is InChI=1S/C16H25N3O3S/c1-11-4-6-19(7-5-11)10-16(20)18-15-9-14(23(17,21)22)8-12(2)13(15)3/h8-9,11H,4-7,10H2,1-3H3,(H,18,20)(H2,17,21,22). The van der Waals surface area contributed by atoms with Crippen molar-refractivity contribution in [3.05, 3.63) is 23.3 Å². The van der Waals surface area contributed by atoms with Gasteiger partial charge in [0.25, 0.3) is 0 Å². The highest BCUT2D eigenvalue weighted by atomic mass is 32.2. The molecule has 2 rings (SSSR count). The molecule has 0 unspecified atom stereocenters. The van der Waals surface area contributed by atoms with Gasteiger partial charge < -0.3 is 5.32 Å². The quantitative estimate of drug-likeness (QED) is 0.872. The smallest absolute Gasteiger partial charge is 0.238 e. The van der Waals surface area contributed by atoms with Crippen LogP contribution in [0.3, 0.4) is 0 Å². The Hall–Kier alpha value is -1.44. The molecule has 3 N–H and O–H groups in total. The Morgan fingerprint density at radius 2 is 1.91 bits per heavy atom. The third-order valence-corrected chi connectivity index (χ3v) is 5.38. The molecule has 6 nitrogen and oxygen atoms in total. The molecule has 0 aromatic heterocycles. The first-order valence-electron chi connectivity index (χ1n) is 7.83. The van der Waals surface area contributed by atoms with Crippen LogP contribution in [-0.2, 0) is 14.8 Å². The highest BCUT2D eigenvalue weighted by molar-refractivity contribution is 7.89. The number of hydrogen-bond acceptors (Lipinski definition) is 4. The number of benzene rings is 1. The van der Waals surface area contributed by atoms with Gasteiger partial charge in [0.1, 0.15) is 0 Å². The van der Waals surface area contributed by atoms with Crippen LogP contribution in [0.5, 0.6) is 0 Å². The molecular formula is C16H25N3O3S. The fraction of sp³-hybridized carbons (Fsp3) is 0.562. The normalized spacial score (nSPS) is 17.2. The summed E-state index contributed by atoms with van der Waals surface area (Å²) in [6, 6.07) is 2.94. The number of nitrogens with one attached hydrogen (secondary N) is 1. The number of carbonyl (C=O) groups is 1. The van der Waals surface area contributed by atoms with Crippen LogP contribution in [0.25, 0.3) is 0 Å². The van der Waals surface area contributed by atoms with Gasteiger partial charge in [0.2, 0.25) is 15.9 Å². The van der Waals surface area contributed by atoms with Crippen molar-refractivity contribution in [2.24, 2.45) is 11.1 Å². The summed E-state index contributed by atoms with van der Waals surface area (Å²) in [5.74, 6) is 0.583. The number of aryl methyl sites for hydroxylation is 1. The largest absolute Gasteiger partial charge is 0.325 e. The van der Waals surface area contributed by atoms with Crippen molar-refractivity contribution < 1.29 is 13.2 Å². The molecule has 23 heavy (non-hydrogen) atoms. The van der Waals surface area contributed by atoms with Crippen LogP contribution in [0.4, 0.5) is 5.69 Å². The van der Waals surface area contributed by atoms with Gasteiger partial charge in [0.05, 0.1) is 11.4 Å². The average molecular weight is 339 g/mol. The lowest BCUT2D eigenvalue weighted by atomic mass is 9.99. The number of primary sulfonamides is 1. The second-order valence-corrected chi connectivity index (χ2v) is 8.03. The SMILES string of the molecule is Cc1cc(S(N)(=O)=O)cc(NC(=O)CN2CCC(C)CC2)c1C. The number of carbonyl (C=O) groups excluding carboxylic acids is 1. The molecule has 0 saturated carbocycles. The number of nitrogens with zero attached hydrogens (tertiary/aromatic N) is 1. The second kappa shape index (κ2) is 6.98. The van der Waals surface area contributed by atoms with Crippen LogP contribution >= 0.6 is 0 Å². The third kappa shape index (κ3) is 4.76. The summed E-state index contributed by atoms with van der Waals surface area (Å²) in [5.41, 5.74) is 2.13. The number of piperidine rings is 1. The maximum absolute atomic E-state index is 12.3. The van der Waals surface area contributed by atoms with Crippen LogP contribution in [0, 0.1) is 19.8 Å². The van der Waals surface area contributed by atoms with Crippen molar-refractivity contribution in [1.82, 2.24) is 4.90 Å². The Morgan fingerprint density at radius 1 is 1.30 bits per heavy atom. The number of sulfonamides is 1. The van der Waals surface area contributed by atoms with E-state index in [1.165, 1.54) is 12.1 Å². The minimum atomic E-state index is -3.80. The fourth-order valence-electron chi connectivity index (χ4n) is 2.73. The van der Waals surface area contributed by atoms with E-state index in [0.717, 1.165) is 37.1 Å². The first-order chi connectivity index (χ1) is 10.7. The van der Waals surface area contributed by atoms with Crippen LogP contribution in [0.1, 0.15) is 30.9 Å². The predicted molar refractivity (Wildman–Crippen MR) is 90.8 cm³/mol. The second-order valence-electron chi connectivity index (χ2n) is 6.46. The zero-order valence-electron chi connectivity index (χ0n) is 13.9. The van der Waals surface area contributed by atoms with Crippen LogP contribution in [0.2, 0.25) is 0 Å². The van der Waals surface area contributed by atoms with Gasteiger partial charge in [-0.15, -0.1) is 0 Å². The van der Waals surface area contributed by atoms with E-state index in [2.05, 4.69) is 17.1 Å². The molecule has 0 spiro atoms. The van der Waals surface area contributed by atoms with Gasteiger partial charge >= 0.3 is 0 Å². The number of amides is 1. The molecule has 0 aliphatic carbocycles. The number of nitrogens with two attached hydrogens (primary N) is 1. The van der Waals surface area contributed by atoms with E-state index in [1.807, 2.05) is 6.92 Å². The van der Waals surface area contributed by atoms with E-state index in [0.29, 0.717) is 18.2 Å². The minimum Gasteiger partial charge on any atom is -0.325 e. The van der Waals surface area contributed by atoms with E-state index >= 15 is 0 Å². The fourth-order valence-corrected chi connectivity index (χ4v) is 3.36. The molecule has 0 atom stereocenters. The Kier molecular flexibility index (Phi) is 5.44. The summed E-state index contributed by atoms with van der Waals surface area (Å²) < 4.78 is 23.1. The first kappa shape index (κ1) is 17.9.